The van der Waals surface area contributed by atoms with Gasteiger partial charge in [-0.2, -0.15) is 4.68 Å². The lowest BCUT2D eigenvalue weighted by Gasteiger charge is -2.11. The Morgan fingerprint density at radius 3 is 2.62 bits per heavy atom. The third kappa shape index (κ3) is 2.96. The number of H-pyrrole nitrogens is 1. The van der Waals surface area contributed by atoms with Crippen molar-refractivity contribution in [1.82, 2.24) is 20.2 Å². The number of halogens is 1. The minimum atomic E-state index is -0.534. The summed E-state index contributed by atoms with van der Waals surface area (Å²) >= 11 is 6.02. The van der Waals surface area contributed by atoms with Crippen LogP contribution in [-0.2, 0) is 0 Å². The number of aromatic amines is 1. The molecular formula is C18H12ClN5O2. The zero-order chi connectivity index (χ0) is 18.1. The summed E-state index contributed by atoms with van der Waals surface area (Å²) in [5, 5.41) is 14.6. The fraction of sp³-hybridized carbons (Fsp3) is 0. The predicted octanol–water partition coefficient (Wildman–Crippen LogP) is 3.01. The maximum atomic E-state index is 12.7. The summed E-state index contributed by atoms with van der Waals surface area (Å²) in [6.45, 7) is 0. The first kappa shape index (κ1) is 16.0. The Balaban J connectivity index is 1.71. The molecule has 8 heteroatoms. The van der Waals surface area contributed by atoms with Crippen molar-refractivity contribution in [2.75, 3.05) is 5.32 Å². The first-order valence-corrected chi connectivity index (χ1v) is 8.10. The molecule has 1 amide bonds. The smallest absolute Gasteiger partial charge is 0.320 e. The van der Waals surface area contributed by atoms with Gasteiger partial charge >= 0.3 is 5.69 Å². The molecule has 2 N–H and O–H groups in total. The molecule has 0 saturated carbocycles. The van der Waals surface area contributed by atoms with E-state index >= 15 is 0 Å². The van der Waals surface area contributed by atoms with Crippen LogP contribution in [0, 0.1) is 0 Å². The Hall–Kier alpha value is -3.45. The molecule has 0 unspecified atom stereocenters. The normalized spacial score (nSPS) is 10.8. The fourth-order valence-electron chi connectivity index (χ4n) is 2.67. The first-order chi connectivity index (χ1) is 12.6. The number of hydrogen-bond donors (Lipinski definition) is 2. The van der Waals surface area contributed by atoms with Gasteiger partial charge in [-0.1, -0.05) is 41.9 Å². The molecule has 0 saturated heterocycles. The number of tetrazole rings is 1. The van der Waals surface area contributed by atoms with Crippen molar-refractivity contribution in [2.45, 2.75) is 0 Å². The molecule has 0 bridgehead atoms. The summed E-state index contributed by atoms with van der Waals surface area (Å²) in [4.78, 5) is 24.5. The Bertz CT molecular complexity index is 1180. The molecule has 0 fully saturated rings. The molecule has 0 atom stereocenters. The van der Waals surface area contributed by atoms with E-state index in [9.17, 15) is 9.59 Å². The van der Waals surface area contributed by atoms with Gasteiger partial charge in [0.25, 0.3) is 5.91 Å². The predicted molar refractivity (Wildman–Crippen MR) is 98.9 cm³/mol. The van der Waals surface area contributed by atoms with Crippen LogP contribution >= 0.6 is 11.6 Å². The molecular weight excluding hydrogens is 354 g/mol. The Kier molecular flexibility index (Phi) is 3.98. The van der Waals surface area contributed by atoms with Crippen molar-refractivity contribution >= 4 is 34.0 Å². The van der Waals surface area contributed by atoms with Crippen molar-refractivity contribution in [3.8, 4) is 5.69 Å². The zero-order valence-corrected chi connectivity index (χ0v) is 14.1. The molecule has 0 radical (unpaired) electrons. The topological polar surface area (TPSA) is 92.7 Å². The molecule has 128 valence electrons. The van der Waals surface area contributed by atoms with Crippen molar-refractivity contribution < 1.29 is 4.79 Å². The molecule has 1 aromatic heterocycles. The number of benzene rings is 3. The molecule has 26 heavy (non-hydrogen) atoms. The molecule has 0 spiro atoms. The number of hydrogen-bond acceptors (Lipinski definition) is 4. The Labute approximate surface area is 152 Å². The van der Waals surface area contributed by atoms with Crippen molar-refractivity contribution in [2.24, 2.45) is 0 Å². The second kappa shape index (κ2) is 6.45. The maximum absolute atomic E-state index is 12.7. The maximum Gasteiger partial charge on any atom is 0.365 e. The molecule has 0 aliphatic heterocycles. The molecule has 4 aromatic rings. The number of carbonyl (C=O) groups excluding carboxylic acids is 1. The summed E-state index contributed by atoms with van der Waals surface area (Å²) in [5.41, 5.74) is 0.680. The lowest BCUT2D eigenvalue weighted by Crippen LogP contribution is -2.19. The molecule has 1 heterocycles. The molecule has 4 rings (SSSR count). The average molecular weight is 366 g/mol. The van der Waals surface area contributed by atoms with E-state index < -0.39 is 5.69 Å². The van der Waals surface area contributed by atoms with Gasteiger partial charge in [0, 0.05) is 10.6 Å². The van der Waals surface area contributed by atoms with Gasteiger partial charge in [0.05, 0.1) is 11.4 Å². The van der Waals surface area contributed by atoms with Crippen molar-refractivity contribution in [1.29, 1.82) is 0 Å². The van der Waals surface area contributed by atoms with Crippen LogP contribution in [0.5, 0.6) is 0 Å². The molecule has 3 aromatic carbocycles. The van der Waals surface area contributed by atoms with Crippen LogP contribution in [0.3, 0.4) is 0 Å². The number of aromatic nitrogens is 4. The summed E-state index contributed by atoms with van der Waals surface area (Å²) in [6, 6.07) is 18.0. The van der Waals surface area contributed by atoms with Crippen LogP contribution in [0.1, 0.15) is 10.4 Å². The van der Waals surface area contributed by atoms with E-state index in [1.165, 1.54) is 6.07 Å². The molecule has 7 nitrogen and oxygen atoms in total. The Morgan fingerprint density at radius 2 is 1.85 bits per heavy atom. The van der Waals surface area contributed by atoms with Gasteiger partial charge in [0.1, 0.15) is 0 Å². The van der Waals surface area contributed by atoms with E-state index in [2.05, 4.69) is 20.8 Å². The minimum Gasteiger partial charge on any atom is -0.320 e. The molecule has 0 aliphatic carbocycles. The second-order valence-corrected chi connectivity index (χ2v) is 6.03. The highest BCUT2D eigenvalue weighted by Gasteiger charge is 2.14. The zero-order valence-electron chi connectivity index (χ0n) is 13.3. The minimum absolute atomic E-state index is 0.309. The van der Waals surface area contributed by atoms with Crippen LogP contribution in [0.4, 0.5) is 5.69 Å². The summed E-state index contributed by atoms with van der Waals surface area (Å²) in [7, 11) is 0. The largest absolute Gasteiger partial charge is 0.365 e. The standard InChI is InChI=1S/C18H12ClN5O2/c19-14-7-8-15(16(10-14)24-18(26)21-22-23-24)20-17(25)13-6-5-11-3-1-2-4-12(11)9-13/h1-10H,(H,20,25)(H,21,23,26). The van der Waals surface area contributed by atoms with Gasteiger partial charge in [-0.15, -0.1) is 0 Å². The third-order valence-electron chi connectivity index (χ3n) is 3.92. The number of amides is 1. The van der Waals surface area contributed by atoms with Crippen molar-refractivity contribution in [3.63, 3.8) is 0 Å². The van der Waals surface area contributed by atoms with Crippen LogP contribution in [0.15, 0.2) is 65.5 Å². The SMILES string of the molecule is O=C(Nc1ccc(Cl)cc1-n1nn[nH]c1=O)c1ccc2ccccc2c1. The van der Waals surface area contributed by atoms with Crippen LogP contribution in [0.2, 0.25) is 5.02 Å². The Morgan fingerprint density at radius 1 is 1.04 bits per heavy atom. The average Bonchev–Trinajstić information content (AvgIpc) is 3.08. The van der Waals surface area contributed by atoms with Crippen molar-refractivity contribution in [3.05, 3.63) is 81.7 Å². The highest BCUT2D eigenvalue weighted by atomic mass is 35.5. The number of rotatable bonds is 3. The first-order valence-electron chi connectivity index (χ1n) is 7.72. The number of nitrogens with one attached hydrogen (secondary N) is 2. The van der Waals surface area contributed by atoms with Gasteiger partial charge in [0.15, 0.2) is 0 Å². The summed E-state index contributed by atoms with van der Waals surface area (Å²) < 4.78 is 1.03. The monoisotopic (exact) mass is 365 g/mol. The summed E-state index contributed by atoms with van der Waals surface area (Å²) in [5.74, 6) is -0.309. The van der Waals surface area contributed by atoms with Crippen LogP contribution in [0.25, 0.3) is 16.5 Å². The van der Waals surface area contributed by atoms with Gasteiger partial charge in [-0.05, 0) is 51.5 Å². The molecule has 0 aliphatic rings. The van der Waals surface area contributed by atoms with Gasteiger partial charge in [0.2, 0.25) is 0 Å². The number of nitrogens with zero attached hydrogens (tertiary/aromatic N) is 3. The van der Waals surface area contributed by atoms with Gasteiger partial charge in [-0.3, -0.25) is 4.79 Å². The quantitative estimate of drug-likeness (QED) is 0.583. The number of fused-ring (bicyclic) bond motifs is 1. The summed E-state index contributed by atoms with van der Waals surface area (Å²) in [6.07, 6.45) is 0. The second-order valence-electron chi connectivity index (χ2n) is 5.60. The van der Waals surface area contributed by atoms with Crippen LogP contribution in [-0.4, -0.2) is 26.1 Å². The fourth-order valence-corrected chi connectivity index (χ4v) is 2.83. The van der Waals surface area contributed by atoms with Gasteiger partial charge in [-0.25, -0.2) is 9.89 Å². The highest BCUT2D eigenvalue weighted by Crippen LogP contribution is 2.24. The van der Waals surface area contributed by atoms with E-state index in [0.717, 1.165) is 15.5 Å². The lowest BCUT2D eigenvalue weighted by atomic mass is 10.1. The van der Waals surface area contributed by atoms with E-state index in [0.29, 0.717) is 22.0 Å². The van der Waals surface area contributed by atoms with E-state index in [4.69, 9.17) is 11.6 Å². The lowest BCUT2D eigenvalue weighted by molar-refractivity contribution is 0.102. The number of anilines is 1. The highest BCUT2D eigenvalue weighted by molar-refractivity contribution is 6.31. The number of carbonyl (C=O) groups is 1. The van der Waals surface area contributed by atoms with Gasteiger partial charge < -0.3 is 5.32 Å². The van der Waals surface area contributed by atoms with E-state index in [1.807, 2.05) is 36.4 Å². The third-order valence-corrected chi connectivity index (χ3v) is 4.16. The van der Waals surface area contributed by atoms with Crippen LogP contribution < -0.4 is 11.0 Å². The van der Waals surface area contributed by atoms with E-state index in [-0.39, 0.29) is 5.91 Å². The van der Waals surface area contributed by atoms with E-state index in [1.54, 1.807) is 18.2 Å².